The molecule has 9 heavy (non-hydrogen) atoms. The van der Waals surface area contributed by atoms with Crippen molar-refractivity contribution in [2.45, 2.75) is 0 Å². The average Bonchev–Trinajstić information content (AvgIpc) is 2.37. The first kappa shape index (κ1) is 5.97. The lowest BCUT2D eigenvalue weighted by Crippen LogP contribution is -1.99. The van der Waals surface area contributed by atoms with Crippen molar-refractivity contribution in [3.8, 4) is 0 Å². The third-order valence-corrected chi connectivity index (χ3v) is 0.925. The molecule has 0 saturated heterocycles. The molecule has 1 N–H and O–H groups in total. The van der Waals surface area contributed by atoms with Crippen molar-refractivity contribution in [1.29, 1.82) is 0 Å². The van der Waals surface area contributed by atoms with Crippen LogP contribution in [0.2, 0.25) is 0 Å². The van der Waals surface area contributed by atoms with Gasteiger partial charge in [-0.15, -0.1) is 0 Å². The summed E-state index contributed by atoms with van der Waals surface area (Å²) in [6.07, 6.45) is 2.87. The Balaban J connectivity index is 2.77. The summed E-state index contributed by atoms with van der Waals surface area (Å²) < 4.78 is 1.42. The first-order valence-corrected chi connectivity index (χ1v) is 2.48. The molecule has 0 aromatic carbocycles. The van der Waals surface area contributed by atoms with Gasteiger partial charge in [-0.2, -0.15) is 5.10 Å². The van der Waals surface area contributed by atoms with E-state index in [9.17, 15) is 0 Å². The molecule has 0 aliphatic heterocycles. The van der Waals surface area contributed by atoms with Crippen molar-refractivity contribution in [2.75, 3.05) is 6.61 Å². The molecule has 0 saturated carbocycles. The van der Waals surface area contributed by atoms with Crippen LogP contribution in [0.5, 0.6) is 0 Å². The summed E-state index contributed by atoms with van der Waals surface area (Å²) in [5.74, 6) is 0. The topological polar surface area (TPSA) is 50.9 Å². The van der Waals surface area contributed by atoms with E-state index >= 15 is 0 Å². The molecule has 0 amide bonds. The van der Waals surface area contributed by atoms with E-state index in [1.807, 2.05) is 0 Å². The van der Waals surface area contributed by atoms with E-state index in [4.69, 9.17) is 5.11 Å². The molecule has 0 unspecified atom stereocenters. The molecule has 0 atom stereocenters. The third kappa shape index (κ3) is 1.14. The Morgan fingerprint density at radius 3 is 3.00 bits per heavy atom. The predicted molar refractivity (Wildman–Crippen MR) is 32.4 cm³/mol. The molecule has 48 valence electrons. The van der Waals surface area contributed by atoms with Gasteiger partial charge in [0.1, 0.15) is 12.7 Å². The minimum Gasteiger partial charge on any atom is -0.390 e. The molecule has 1 rings (SSSR count). The fourth-order valence-corrected chi connectivity index (χ4v) is 0.444. The second kappa shape index (κ2) is 2.41. The van der Waals surface area contributed by atoms with E-state index < -0.39 is 0 Å². The number of nitrogens with zero attached hydrogens (tertiary/aromatic N) is 3. The molecule has 0 bridgehead atoms. The molecule has 0 radical (unpaired) electrons. The van der Waals surface area contributed by atoms with Gasteiger partial charge in [-0.25, -0.2) is 9.67 Å². The second-order valence-corrected chi connectivity index (χ2v) is 1.56. The van der Waals surface area contributed by atoms with E-state index in [0.717, 1.165) is 0 Å². The molecule has 1 aromatic rings. The van der Waals surface area contributed by atoms with E-state index in [2.05, 4.69) is 16.7 Å². The predicted octanol–water partition coefficient (Wildman–Crippen LogP) is -0.259. The van der Waals surface area contributed by atoms with Gasteiger partial charge in [0.15, 0.2) is 0 Å². The Morgan fingerprint density at radius 2 is 2.56 bits per heavy atom. The third-order valence-electron chi connectivity index (χ3n) is 0.925. The number of rotatable bonds is 2. The Morgan fingerprint density at radius 1 is 1.78 bits per heavy atom. The lowest BCUT2D eigenvalue weighted by atomic mass is 10.5. The summed E-state index contributed by atoms with van der Waals surface area (Å²) in [6.45, 7) is 3.43. The van der Waals surface area contributed by atoms with Crippen molar-refractivity contribution in [2.24, 2.45) is 0 Å². The fourth-order valence-electron chi connectivity index (χ4n) is 0.444. The van der Waals surface area contributed by atoms with Gasteiger partial charge in [-0.05, 0) is 0 Å². The highest BCUT2D eigenvalue weighted by molar-refractivity contribution is 5.38. The number of aliphatic hydroxyl groups is 1. The zero-order valence-corrected chi connectivity index (χ0v) is 4.86. The maximum absolute atomic E-state index is 8.52. The highest BCUT2D eigenvalue weighted by atomic mass is 16.3. The molecular formula is C5H7N3O. The van der Waals surface area contributed by atoms with Crippen LogP contribution in [-0.4, -0.2) is 26.5 Å². The van der Waals surface area contributed by atoms with Gasteiger partial charge in [-0.3, -0.25) is 0 Å². The summed E-state index contributed by atoms with van der Waals surface area (Å²) in [5.41, 5.74) is 0.521. The van der Waals surface area contributed by atoms with Crippen LogP contribution in [0.15, 0.2) is 19.2 Å². The van der Waals surface area contributed by atoms with Crippen molar-refractivity contribution in [1.82, 2.24) is 14.8 Å². The van der Waals surface area contributed by atoms with Crippen molar-refractivity contribution in [3.05, 3.63) is 19.2 Å². The number of hydrogen-bond acceptors (Lipinski definition) is 3. The lowest BCUT2D eigenvalue weighted by molar-refractivity contribution is 0.342. The van der Waals surface area contributed by atoms with Crippen LogP contribution in [0.4, 0.5) is 0 Å². The number of aliphatic hydroxyl groups excluding tert-OH is 1. The molecule has 1 aromatic heterocycles. The Kier molecular flexibility index (Phi) is 1.60. The fraction of sp³-hybridized carbons (Fsp3) is 0.200. The second-order valence-electron chi connectivity index (χ2n) is 1.56. The molecule has 4 nitrogen and oxygen atoms in total. The first-order valence-electron chi connectivity index (χ1n) is 2.48. The molecule has 0 aliphatic carbocycles. The van der Waals surface area contributed by atoms with Crippen molar-refractivity contribution < 1.29 is 5.11 Å². The Bertz CT molecular complexity index is 192. The minimum atomic E-state index is -0.0939. The SMILES string of the molecule is C=C(CO)n1cncn1. The van der Waals surface area contributed by atoms with Crippen molar-refractivity contribution in [3.63, 3.8) is 0 Å². The number of aromatic nitrogens is 3. The smallest absolute Gasteiger partial charge is 0.138 e. The van der Waals surface area contributed by atoms with Crippen LogP contribution in [0, 0.1) is 0 Å². The normalized spacial score (nSPS) is 9.44. The van der Waals surface area contributed by atoms with Crippen LogP contribution in [0.1, 0.15) is 0 Å². The highest BCUT2D eigenvalue weighted by Crippen LogP contribution is 1.92. The van der Waals surface area contributed by atoms with E-state index in [1.165, 1.54) is 17.3 Å². The minimum absolute atomic E-state index is 0.0939. The van der Waals surface area contributed by atoms with Gasteiger partial charge in [0.25, 0.3) is 0 Å². The van der Waals surface area contributed by atoms with Gasteiger partial charge < -0.3 is 5.11 Å². The van der Waals surface area contributed by atoms with Crippen LogP contribution < -0.4 is 0 Å². The molecule has 0 aliphatic rings. The zero-order chi connectivity index (χ0) is 6.69. The van der Waals surface area contributed by atoms with Gasteiger partial charge in [0, 0.05) is 0 Å². The summed E-state index contributed by atoms with van der Waals surface area (Å²) in [6, 6.07) is 0. The largest absolute Gasteiger partial charge is 0.390 e. The molecule has 0 fully saturated rings. The quantitative estimate of drug-likeness (QED) is 0.592. The Hall–Kier alpha value is -1.16. The monoisotopic (exact) mass is 125 g/mol. The van der Waals surface area contributed by atoms with Gasteiger partial charge in [0.2, 0.25) is 0 Å². The standard InChI is InChI=1S/C5H7N3O/c1-5(2-9)8-4-6-3-7-8/h3-4,9H,1-2H2. The van der Waals surface area contributed by atoms with Crippen LogP contribution in [-0.2, 0) is 0 Å². The highest BCUT2D eigenvalue weighted by Gasteiger charge is 1.92. The molecule has 4 heteroatoms. The Labute approximate surface area is 52.5 Å². The van der Waals surface area contributed by atoms with Gasteiger partial charge >= 0.3 is 0 Å². The van der Waals surface area contributed by atoms with E-state index in [-0.39, 0.29) is 6.61 Å². The summed E-state index contributed by atoms with van der Waals surface area (Å²) in [5, 5.41) is 12.3. The molecule has 0 spiro atoms. The van der Waals surface area contributed by atoms with Crippen LogP contribution in [0.3, 0.4) is 0 Å². The maximum atomic E-state index is 8.52. The summed E-state index contributed by atoms with van der Waals surface area (Å²) in [7, 11) is 0. The first-order chi connectivity index (χ1) is 4.34. The van der Waals surface area contributed by atoms with Crippen LogP contribution in [0.25, 0.3) is 5.70 Å². The maximum Gasteiger partial charge on any atom is 0.138 e. The molecular weight excluding hydrogens is 118 g/mol. The molecule has 1 heterocycles. The van der Waals surface area contributed by atoms with Crippen molar-refractivity contribution >= 4 is 5.70 Å². The van der Waals surface area contributed by atoms with E-state index in [1.54, 1.807) is 0 Å². The average molecular weight is 125 g/mol. The van der Waals surface area contributed by atoms with E-state index in [0.29, 0.717) is 5.70 Å². The lowest BCUT2D eigenvalue weighted by Gasteiger charge is -1.96. The summed E-state index contributed by atoms with van der Waals surface area (Å²) >= 11 is 0. The van der Waals surface area contributed by atoms with Crippen LogP contribution >= 0.6 is 0 Å². The summed E-state index contributed by atoms with van der Waals surface area (Å²) in [4.78, 5) is 3.67. The zero-order valence-electron chi connectivity index (χ0n) is 4.86. The van der Waals surface area contributed by atoms with Gasteiger partial charge in [0.05, 0.1) is 12.3 Å². The van der Waals surface area contributed by atoms with Gasteiger partial charge in [-0.1, -0.05) is 6.58 Å². The number of hydrogen-bond donors (Lipinski definition) is 1.